The zero-order chi connectivity index (χ0) is 20.8. The summed E-state index contributed by atoms with van der Waals surface area (Å²) >= 11 is 6.08. The molecule has 1 aliphatic rings. The molecule has 3 aromatic rings. The van der Waals surface area contributed by atoms with Crippen molar-refractivity contribution in [3.8, 4) is 0 Å². The first kappa shape index (κ1) is 19.4. The zero-order valence-electron chi connectivity index (χ0n) is 15.2. The molecule has 152 valence electrons. The van der Waals surface area contributed by atoms with Gasteiger partial charge in [-0.2, -0.15) is 18.3 Å². The van der Waals surface area contributed by atoms with E-state index in [1.807, 2.05) is 4.90 Å². The van der Waals surface area contributed by atoms with Gasteiger partial charge in [-0.15, -0.1) is 5.10 Å². The third kappa shape index (κ3) is 3.48. The number of fused-ring (bicyclic) bond motifs is 1. The number of nitrogens with one attached hydrogen (secondary N) is 1. The molecule has 29 heavy (non-hydrogen) atoms. The second kappa shape index (κ2) is 7.18. The molecule has 1 atom stereocenters. The standard InChI is InChI=1S/C18H16ClF3N6O/c1-10(11-4-2-3-5-12(11)18(20,21)22)28-14-6-7-27(9-13(14)24-26-28)15-8-23-25-17(29)16(15)19/h2-5,8,10H,6-7,9H2,1H3,(H,25,29)/t10-/m0/s1. The Balaban J connectivity index is 1.66. The molecule has 4 rings (SSSR count). The number of rotatable bonds is 3. The molecule has 0 saturated heterocycles. The van der Waals surface area contributed by atoms with Gasteiger partial charge in [-0.05, 0) is 18.6 Å². The molecule has 3 heterocycles. The van der Waals surface area contributed by atoms with Gasteiger partial charge in [0.25, 0.3) is 5.56 Å². The number of anilines is 1. The highest BCUT2D eigenvalue weighted by Gasteiger charge is 2.35. The van der Waals surface area contributed by atoms with Crippen LogP contribution >= 0.6 is 11.6 Å². The number of halogens is 4. The monoisotopic (exact) mass is 424 g/mol. The Kier molecular flexibility index (Phi) is 4.81. The van der Waals surface area contributed by atoms with E-state index in [4.69, 9.17) is 11.6 Å². The number of benzene rings is 1. The molecule has 0 bridgehead atoms. The largest absolute Gasteiger partial charge is 0.416 e. The SMILES string of the molecule is C[C@@H](c1ccccc1C(F)(F)F)n1nnc2c1CCN(c1cn[nH]c(=O)c1Cl)C2. The lowest BCUT2D eigenvalue weighted by Crippen LogP contribution is -2.33. The predicted molar refractivity (Wildman–Crippen MR) is 99.9 cm³/mol. The van der Waals surface area contributed by atoms with Gasteiger partial charge in [-0.25, -0.2) is 9.78 Å². The van der Waals surface area contributed by atoms with Crippen LogP contribution in [0.4, 0.5) is 18.9 Å². The van der Waals surface area contributed by atoms with Crippen LogP contribution in [0.15, 0.2) is 35.3 Å². The van der Waals surface area contributed by atoms with E-state index in [9.17, 15) is 18.0 Å². The van der Waals surface area contributed by atoms with Crippen molar-refractivity contribution < 1.29 is 13.2 Å². The van der Waals surface area contributed by atoms with Gasteiger partial charge in [0.1, 0.15) is 10.7 Å². The van der Waals surface area contributed by atoms with Gasteiger partial charge in [0.2, 0.25) is 0 Å². The molecule has 0 radical (unpaired) electrons. The second-order valence-corrected chi connectivity index (χ2v) is 7.14. The van der Waals surface area contributed by atoms with E-state index in [-0.39, 0.29) is 10.6 Å². The van der Waals surface area contributed by atoms with Crippen LogP contribution in [0.3, 0.4) is 0 Å². The summed E-state index contributed by atoms with van der Waals surface area (Å²) in [6.45, 7) is 2.50. The van der Waals surface area contributed by atoms with Crippen LogP contribution in [0.2, 0.25) is 5.02 Å². The Hall–Kier alpha value is -2.88. The minimum atomic E-state index is -4.45. The number of alkyl halides is 3. The third-order valence-corrected chi connectivity index (χ3v) is 5.40. The Labute approximate surface area is 168 Å². The molecule has 11 heteroatoms. The molecule has 0 fully saturated rings. The van der Waals surface area contributed by atoms with Gasteiger partial charge >= 0.3 is 6.18 Å². The normalized spacial score (nSPS) is 15.3. The van der Waals surface area contributed by atoms with E-state index in [0.717, 1.165) is 11.8 Å². The average Bonchev–Trinajstić information content (AvgIpc) is 3.12. The maximum atomic E-state index is 13.4. The summed E-state index contributed by atoms with van der Waals surface area (Å²) in [7, 11) is 0. The highest BCUT2D eigenvalue weighted by molar-refractivity contribution is 6.32. The van der Waals surface area contributed by atoms with E-state index < -0.39 is 23.3 Å². The summed E-state index contributed by atoms with van der Waals surface area (Å²) in [6.07, 6.45) is -2.50. The predicted octanol–water partition coefficient (Wildman–Crippen LogP) is 3.21. The highest BCUT2D eigenvalue weighted by Crippen LogP contribution is 2.36. The Morgan fingerprint density at radius 3 is 2.79 bits per heavy atom. The Morgan fingerprint density at radius 1 is 1.28 bits per heavy atom. The molecule has 0 unspecified atom stereocenters. The number of hydrogen-bond donors (Lipinski definition) is 1. The summed E-state index contributed by atoms with van der Waals surface area (Å²) in [6, 6.07) is 4.83. The highest BCUT2D eigenvalue weighted by atomic mass is 35.5. The third-order valence-electron chi connectivity index (χ3n) is 5.03. The first-order chi connectivity index (χ1) is 13.8. The zero-order valence-corrected chi connectivity index (χ0v) is 16.0. The number of nitrogens with zero attached hydrogens (tertiary/aromatic N) is 5. The fourth-order valence-electron chi connectivity index (χ4n) is 3.59. The summed E-state index contributed by atoms with van der Waals surface area (Å²) < 4.78 is 41.7. The second-order valence-electron chi connectivity index (χ2n) is 6.76. The van der Waals surface area contributed by atoms with E-state index in [1.54, 1.807) is 13.0 Å². The summed E-state index contributed by atoms with van der Waals surface area (Å²) in [5.41, 5.74) is 0.832. The van der Waals surface area contributed by atoms with Gasteiger partial charge in [-0.3, -0.25) is 4.79 Å². The number of aromatic amines is 1. The molecule has 2 aromatic heterocycles. The average molecular weight is 425 g/mol. The molecule has 0 aliphatic carbocycles. The van der Waals surface area contributed by atoms with Crippen molar-refractivity contribution in [2.45, 2.75) is 32.1 Å². The molecule has 1 aromatic carbocycles. The van der Waals surface area contributed by atoms with Crippen LogP contribution in [0.1, 0.15) is 35.5 Å². The van der Waals surface area contributed by atoms with Crippen molar-refractivity contribution in [2.24, 2.45) is 0 Å². The van der Waals surface area contributed by atoms with Crippen molar-refractivity contribution in [3.63, 3.8) is 0 Å². The molecular formula is C18H16ClF3N6O. The van der Waals surface area contributed by atoms with Crippen LogP contribution in [-0.4, -0.2) is 31.7 Å². The minimum absolute atomic E-state index is 0.0308. The van der Waals surface area contributed by atoms with Gasteiger partial charge in [0, 0.05) is 13.0 Å². The lowest BCUT2D eigenvalue weighted by Gasteiger charge is -2.29. The van der Waals surface area contributed by atoms with Gasteiger partial charge in [0.15, 0.2) is 0 Å². The summed E-state index contributed by atoms with van der Waals surface area (Å²) in [5, 5.41) is 14.4. The number of H-pyrrole nitrogens is 1. The van der Waals surface area contributed by atoms with Crippen molar-refractivity contribution in [3.05, 3.63) is 68.4 Å². The van der Waals surface area contributed by atoms with Crippen LogP contribution in [0, 0.1) is 0 Å². The van der Waals surface area contributed by atoms with Crippen LogP contribution in [0.25, 0.3) is 0 Å². The first-order valence-electron chi connectivity index (χ1n) is 8.84. The maximum absolute atomic E-state index is 13.4. The van der Waals surface area contributed by atoms with Crippen LogP contribution < -0.4 is 10.5 Å². The molecule has 1 aliphatic heterocycles. The molecule has 0 amide bonds. The topological polar surface area (TPSA) is 79.7 Å². The smallest absolute Gasteiger partial charge is 0.362 e. The van der Waals surface area contributed by atoms with Crippen molar-refractivity contribution >= 4 is 17.3 Å². The summed E-state index contributed by atoms with van der Waals surface area (Å²) in [5.74, 6) is 0. The molecule has 1 N–H and O–H groups in total. The van der Waals surface area contributed by atoms with Crippen molar-refractivity contribution in [1.29, 1.82) is 0 Å². The Morgan fingerprint density at radius 2 is 2.03 bits per heavy atom. The fraction of sp³-hybridized carbons (Fsp3) is 0.333. The lowest BCUT2D eigenvalue weighted by molar-refractivity contribution is -0.138. The van der Waals surface area contributed by atoms with E-state index in [2.05, 4.69) is 20.5 Å². The van der Waals surface area contributed by atoms with Crippen LogP contribution in [0.5, 0.6) is 0 Å². The number of aromatic nitrogens is 5. The van der Waals surface area contributed by atoms with Gasteiger partial charge < -0.3 is 4.90 Å². The fourth-order valence-corrected chi connectivity index (χ4v) is 3.80. The van der Waals surface area contributed by atoms with Gasteiger partial charge in [-0.1, -0.05) is 35.0 Å². The first-order valence-corrected chi connectivity index (χ1v) is 9.22. The van der Waals surface area contributed by atoms with Gasteiger partial charge in [0.05, 0.1) is 35.7 Å². The molecular weight excluding hydrogens is 409 g/mol. The maximum Gasteiger partial charge on any atom is 0.416 e. The van der Waals surface area contributed by atoms with E-state index in [0.29, 0.717) is 30.9 Å². The molecule has 0 spiro atoms. The summed E-state index contributed by atoms with van der Waals surface area (Å²) in [4.78, 5) is 13.5. The Bertz CT molecular complexity index is 1110. The molecule has 7 nitrogen and oxygen atoms in total. The minimum Gasteiger partial charge on any atom is -0.362 e. The van der Waals surface area contributed by atoms with E-state index in [1.165, 1.54) is 23.0 Å². The van der Waals surface area contributed by atoms with Crippen LogP contribution in [-0.2, 0) is 19.1 Å². The number of hydrogen-bond acceptors (Lipinski definition) is 5. The molecule has 0 saturated carbocycles. The quantitative estimate of drug-likeness (QED) is 0.698. The van der Waals surface area contributed by atoms with E-state index >= 15 is 0 Å². The van der Waals surface area contributed by atoms with Crippen molar-refractivity contribution in [2.75, 3.05) is 11.4 Å². The lowest BCUT2D eigenvalue weighted by atomic mass is 10.0. The van der Waals surface area contributed by atoms with Crippen molar-refractivity contribution in [1.82, 2.24) is 25.2 Å².